The molecule has 2 unspecified atom stereocenters. The number of hydrogen-bond acceptors (Lipinski definition) is 6. The van der Waals surface area contributed by atoms with Gasteiger partial charge in [-0.2, -0.15) is 5.10 Å². The van der Waals surface area contributed by atoms with Crippen molar-refractivity contribution < 1.29 is 9.32 Å². The third kappa shape index (κ3) is 2.87. The molecule has 2 aromatic heterocycles. The Hall–Kier alpha value is -3.42. The number of primary amides is 1. The Labute approximate surface area is 161 Å². The first-order valence-electron chi connectivity index (χ1n) is 8.99. The van der Waals surface area contributed by atoms with Crippen molar-refractivity contribution in [3.05, 3.63) is 54.1 Å². The number of aromatic nitrogens is 3. The van der Waals surface area contributed by atoms with Crippen molar-refractivity contribution in [2.45, 2.75) is 37.8 Å². The molecule has 1 aliphatic rings. The first-order chi connectivity index (χ1) is 13.3. The van der Waals surface area contributed by atoms with Crippen LogP contribution >= 0.6 is 0 Å². The Kier molecular flexibility index (Phi) is 4.06. The average Bonchev–Trinajstić information content (AvgIpc) is 3.31. The van der Waals surface area contributed by atoms with Gasteiger partial charge in [-0.3, -0.25) is 14.9 Å². The van der Waals surface area contributed by atoms with Crippen LogP contribution in [-0.4, -0.2) is 33.6 Å². The number of allylic oxidation sites excluding steroid dienone is 1. The Morgan fingerprint density at radius 1 is 1.32 bits per heavy atom. The van der Waals surface area contributed by atoms with Crippen molar-refractivity contribution in [3.8, 4) is 0 Å². The molecule has 0 saturated heterocycles. The van der Waals surface area contributed by atoms with E-state index in [9.17, 15) is 4.79 Å². The van der Waals surface area contributed by atoms with Crippen molar-refractivity contribution >= 4 is 28.7 Å². The first-order valence-corrected chi connectivity index (χ1v) is 8.99. The second-order valence-corrected chi connectivity index (χ2v) is 7.94. The number of dihydropyridines is 1. The lowest BCUT2D eigenvalue weighted by molar-refractivity contribution is -0.122. The molecule has 4 rings (SSSR count). The van der Waals surface area contributed by atoms with Gasteiger partial charge in [0.05, 0.1) is 11.7 Å². The van der Waals surface area contributed by atoms with E-state index in [1.165, 1.54) is 0 Å². The summed E-state index contributed by atoms with van der Waals surface area (Å²) in [6.45, 7) is 6.04. The van der Waals surface area contributed by atoms with Crippen LogP contribution in [-0.2, 0) is 15.6 Å². The van der Waals surface area contributed by atoms with Crippen LogP contribution in [0.3, 0.4) is 0 Å². The number of anilines is 1. The predicted molar refractivity (Wildman–Crippen MR) is 107 cm³/mol. The second kappa shape index (κ2) is 6.33. The van der Waals surface area contributed by atoms with E-state index in [1.807, 2.05) is 39.0 Å². The molecule has 0 saturated carbocycles. The van der Waals surface area contributed by atoms with Crippen molar-refractivity contribution in [3.63, 3.8) is 0 Å². The van der Waals surface area contributed by atoms with E-state index in [0.29, 0.717) is 11.5 Å². The van der Waals surface area contributed by atoms with Crippen LogP contribution in [0.25, 0.3) is 10.9 Å². The number of rotatable bonds is 4. The molecular formula is C20H22N6O2. The zero-order valence-corrected chi connectivity index (χ0v) is 15.9. The number of aliphatic imine (C=N–C) groups is 1. The Balaban J connectivity index is 1.75. The van der Waals surface area contributed by atoms with Gasteiger partial charge in [0, 0.05) is 28.8 Å². The summed E-state index contributed by atoms with van der Waals surface area (Å²) in [4.78, 5) is 17.2. The average molecular weight is 378 g/mol. The Morgan fingerprint density at radius 3 is 2.86 bits per heavy atom. The molecular weight excluding hydrogens is 356 g/mol. The summed E-state index contributed by atoms with van der Waals surface area (Å²) in [7, 11) is 0. The molecule has 1 aromatic carbocycles. The molecule has 144 valence electrons. The van der Waals surface area contributed by atoms with Gasteiger partial charge in [-0.15, -0.1) is 0 Å². The van der Waals surface area contributed by atoms with E-state index in [4.69, 9.17) is 10.3 Å². The molecule has 28 heavy (non-hydrogen) atoms. The summed E-state index contributed by atoms with van der Waals surface area (Å²) < 4.78 is 5.52. The highest BCUT2D eigenvalue weighted by atomic mass is 16.5. The molecule has 8 nitrogen and oxygen atoms in total. The largest absolute Gasteiger partial charge is 0.368 e. The van der Waals surface area contributed by atoms with Crippen molar-refractivity contribution in [1.82, 2.24) is 15.4 Å². The Morgan fingerprint density at radius 2 is 2.14 bits per heavy atom. The fourth-order valence-electron chi connectivity index (χ4n) is 3.27. The van der Waals surface area contributed by atoms with Gasteiger partial charge in [0.1, 0.15) is 17.6 Å². The quantitative estimate of drug-likeness (QED) is 0.644. The van der Waals surface area contributed by atoms with Gasteiger partial charge < -0.3 is 15.6 Å². The predicted octanol–water partition coefficient (Wildman–Crippen LogP) is 2.65. The number of benzene rings is 1. The summed E-state index contributed by atoms with van der Waals surface area (Å²) in [6, 6.07) is 7.53. The second-order valence-electron chi connectivity index (χ2n) is 7.94. The molecule has 0 aliphatic carbocycles. The van der Waals surface area contributed by atoms with Gasteiger partial charge in [-0.05, 0) is 24.3 Å². The van der Waals surface area contributed by atoms with E-state index in [-0.39, 0.29) is 5.41 Å². The molecule has 0 fully saturated rings. The minimum atomic E-state index is -1.27. The summed E-state index contributed by atoms with van der Waals surface area (Å²) >= 11 is 0. The summed E-state index contributed by atoms with van der Waals surface area (Å²) in [6.07, 6.45) is 6.13. The molecule has 0 radical (unpaired) electrons. The van der Waals surface area contributed by atoms with Crippen LogP contribution in [0.4, 0.5) is 5.69 Å². The number of fused-ring (bicyclic) bond motifs is 1. The van der Waals surface area contributed by atoms with Crippen molar-refractivity contribution in [2.75, 3.05) is 5.32 Å². The number of carbonyl (C=O) groups excluding carboxylic acids is 1. The van der Waals surface area contributed by atoms with E-state index < -0.39 is 17.5 Å². The van der Waals surface area contributed by atoms with Gasteiger partial charge in [-0.1, -0.05) is 32.0 Å². The molecule has 4 N–H and O–H groups in total. The number of amides is 1. The minimum Gasteiger partial charge on any atom is -0.368 e. The first kappa shape index (κ1) is 18.0. The van der Waals surface area contributed by atoms with Crippen LogP contribution in [0.2, 0.25) is 0 Å². The monoisotopic (exact) mass is 378 g/mol. The number of H-pyrrole nitrogens is 1. The topological polar surface area (TPSA) is 122 Å². The summed E-state index contributed by atoms with van der Waals surface area (Å²) in [5.41, 5.74) is 6.43. The zero-order chi connectivity index (χ0) is 19.9. The lowest BCUT2D eigenvalue weighted by Crippen LogP contribution is -2.52. The van der Waals surface area contributed by atoms with E-state index >= 15 is 0 Å². The number of carbonyl (C=O) groups is 1. The van der Waals surface area contributed by atoms with Gasteiger partial charge in [0.15, 0.2) is 5.41 Å². The Bertz CT molecular complexity index is 1090. The molecule has 8 heteroatoms. The van der Waals surface area contributed by atoms with Crippen LogP contribution in [0.15, 0.2) is 52.1 Å². The maximum absolute atomic E-state index is 12.7. The molecule has 0 bridgehead atoms. The van der Waals surface area contributed by atoms with Crippen molar-refractivity contribution in [2.24, 2.45) is 10.7 Å². The maximum Gasteiger partial charge on any atom is 0.237 e. The highest BCUT2D eigenvalue weighted by molar-refractivity contribution is 5.93. The van der Waals surface area contributed by atoms with Crippen LogP contribution in [0.5, 0.6) is 0 Å². The third-order valence-electron chi connectivity index (χ3n) is 4.94. The van der Waals surface area contributed by atoms with E-state index in [2.05, 4.69) is 25.7 Å². The lowest BCUT2D eigenvalue weighted by atomic mass is 9.78. The molecule has 3 aromatic rings. The van der Waals surface area contributed by atoms with Crippen LogP contribution in [0, 0.1) is 0 Å². The van der Waals surface area contributed by atoms with E-state index in [0.717, 1.165) is 16.6 Å². The lowest BCUT2D eigenvalue weighted by Gasteiger charge is -2.34. The molecule has 0 spiro atoms. The number of nitrogens with zero attached hydrogens (tertiary/aromatic N) is 3. The van der Waals surface area contributed by atoms with Crippen LogP contribution in [0.1, 0.15) is 32.2 Å². The fraction of sp³-hybridized carbons (Fsp3) is 0.300. The number of aromatic amines is 1. The van der Waals surface area contributed by atoms with E-state index in [1.54, 1.807) is 30.6 Å². The molecule has 2 atom stereocenters. The zero-order valence-electron chi connectivity index (χ0n) is 15.9. The standard InChI is InChI=1S/C20H22N6O2/c1-19(2,3)16-10-15(26-28-16)20(17(21)27)7-4-8-22-18(20)24-13-6-5-12-11-23-25-14(12)9-13/h4-11,18,24H,1-3H3,(H2,21,27)(H,23,25). The van der Waals surface area contributed by atoms with Crippen LogP contribution < -0.4 is 11.1 Å². The molecule has 1 aliphatic heterocycles. The SMILES string of the molecule is CC(C)(C)c1cc(C2(C(N)=O)C=CC=NC2Nc2ccc3cn[nH]c3c2)no1. The number of nitrogens with one attached hydrogen (secondary N) is 2. The normalized spacial score (nSPS) is 21.9. The highest BCUT2D eigenvalue weighted by Crippen LogP contribution is 2.36. The highest BCUT2D eigenvalue weighted by Gasteiger charge is 2.48. The molecule has 3 heterocycles. The van der Waals surface area contributed by atoms with Gasteiger partial charge in [0.2, 0.25) is 5.91 Å². The van der Waals surface area contributed by atoms with Gasteiger partial charge in [-0.25, -0.2) is 0 Å². The fourth-order valence-corrected chi connectivity index (χ4v) is 3.27. The smallest absolute Gasteiger partial charge is 0.237 e. The third-order valence-corrected chi connectivity index (χ3v) is 4.94. The van der Waals surface area contributed by atoms with Gasteiger partial charge in [0.25, 0.3) is 0 Å². The van der Waals surface area contributed by atoms with Gasteiger partial charge >= 0.3 is 0 Å². The minimum absolute atomic E-state index is 0.250. The number of nitrogens with two attached hydrogens (primary N) is 1. The maximum atomic E-state index is 12.7. The van der Waals surface area contributed by atoms with Crippen molar-refractivity contribution in [1.29, 1.82) is 0 Å². The summed E-state index contributed by atoms with van der Waals surface area (Å²) in [5.74, 6) is 0.109. The number of hydrogen-bond donors (Lipinski definition) is 3. The summed E-state index contributed by atoms with van der Waals surface area (Å²) in [5, 5.41) is 15.4. The molecule has 1 amide bonds.